The molecule has 5 amide bonds. The van der Waals surface area contributed by atoms with Crippen molar-refractivity contribution in [3.8, 4) is 0 Å². The van der Waals surface area contributed by atoms with Gasteiger partial charge in [0.25, 0.3) is 5.91 Å². The number of hydrogen-bond acceptors (Lipinski definition) is 7. The van der Waals surface area contributed by atoms with Gasteiger partial charge in [-0.15, -0.1) is 6.58 Å². The van der Waals surface area contributed by atoms with E-state index in [1.165, 1.54) is 11.0 Å². The summed E-state index contributed by atoms with van der Waals surface area (Å²) in [5.41, 5.74) is -0.242. The Labute approximate surface area is 277 Å². The van der Waals surface area contributed by atoms with Crippen LogP contribution in [0.2, 0.25) is 0 Å². The predicted octanol–water partition coefficient (Wildman–Crippen LogP) is 2.71. The van der Waals surface area contributed by atoms with Crippen LogP contribution in [0.4, 0.5) is 4.79 Å². The maximum Gasteiger partial charge on any atom is 0.317 e. The molecule has 1 aromatic rings. The highest BCUT2D eigenvalue weighted by molar-refractivity contribution is 7.91. The lowest BCUT2D eigenvalue weighted by molar-refractivity contribution is -0.142. The second-order valence-electron chi connectivity index (χ2n) is 14.3. The summed E-state index contributed by atoms with van der Waals surface area (Å²) in [7, 11) is -2.17. The number of nitrogens with one attached hydrogen (secondary N) is 3. The largest absolute Gasteiger partial charge is 0.372 e. The number of sulfonamides is 1. The normalized spacial score (nSPS) is 29.6. The molecule has 3 N–H and O–H groups in total. The highest BCUT2D eigenvalue weighted by Crippen LogP contribution is 2.45. The lowest BCUT2D eigenvalue weighted by atomic mass is 9.85. The van der Waals surface area contributed by atoms with Gasteiger partial charge in [0, 0.05) is 32.5 Å². The second kappa shape index (κ2) is 13.4. The molecule has 12 nitrogen and oxygen atoms in total. The van der Waals surface area contributed by atoms with Crippen LogP contribution in [-0.2, 0) is 35.8 Å². The first-order chi connectivity index (χ1) is 22.1. The average molecular weight is 670 g/mol. The lowest BCUT2D eigenvalue weighted by Crippen LogP contribution is -2.61. The Morgan fingerprint density at radius 2 is 1.94 bits per heavy atom. The number of hydrogen-bond donors (Lipinski definition) is 3. The van der Waals surface area contributed by atoms with E-state index in [4.69, 9.17) is 4.74 Å². The molecule has 47 heavy (non-hydrogen) atoms. The molecule has 3 fully saturated rings. The molecule has 13 heteroatoms. The van der Waals surface area contributed by atoms with E-state index in [-0.39, 0.29) is 26.0 Å². The van der Waals surface area contributed by atoms with Crippen molar-refractivity contribution in [2.45, 2.75) is 94.9 Å². The highest BCUT2D eigenvalue weighted by Gasteiger charge is 2.62. The highest BCUT2D eigenvalue weighted by atomic mass is 32.2. The number of nitrogens with zero attached hydrogens (tertiary/aromatic N) is 2. The van der Waals surface area contributed by atoms with Crippen LogP contribution in [-0.4, -0.2) is 91.1 Å². The van der Waals surface area contributed by atoms with Crippen LogP contribution >= 0.6 is 0 Å². The van der Waals surface area contributed by atoms with Gasteiger partial charge in [-0.3, -0.25) is 19.1 Å². The number of amides is 5. The molecular formula is C34H47N5O7S. The van der Waals surface area contributed by atoms with E-state index in [9.17, 15) is 27.6 Å². The fourth-order valence-electron chi connectivity index (χ4n) is 6.25. The third-order valence-electron chi connectivity index (χ3n) is 9.44. The molecule has 0 aromatic heterocycles. The first-order valence-electron chi connectivity index (χ1n) is 16.3. The van der Waals surface area contributed by atoms with Crippen LogP contribution in [0.1, 0.15) is 70.4 Å². The van der Waals surface area contributed by atoms with Crippen LogP contribution in [0, 0.1) is 11.3 Å². The van der Waals surface area contributed by atoms with Gasteiger partial charge in [0.1, 0.15) is 17.6 Å². The van der Waals surface area contributed by atoms with Crippen LogP contribution in [0.5, 0.6) is 0 Å². The van der Waals surface area contributed by atoms with E-state index in [0.29, 0.717) is 19.4 Å². The molecule has 0 spiro atoms. The first-order valence-corrected chi connectivity index (χ1v) is 17.9. The molecule has 4 aliphatic rings. The Bertz CT molecular complexity index is 1550. The fourth-order valence-corrected chi connectivity index (χ4v) is 7.61. The van der Waals surface area contributed by atoms with Gasteiger partial charge in [0.15, 0.2) is 0 Å². The Balaban J connectivity index is 1.43. The summed E-state index contributed by atoms with van der Waals surface area (Å²) in [5, 5.41) is 5.10. The quantitative estimate of drug-likeness (QED) is 0.394. The monoisotopic (exact) mass is 669 g/mol. The van der Waals surface area contributed by atoms with Gasteiger partial charge < -0.3 is 25.2 Å². The van der Waals surface area contributed by atoms with Crippen molar-refractivity contribution in [3.63, 3.8) is 0 Å². The summed E-state index contributed by atoms with van der Waals surface area (Å²) in [5.74, 6) is -2.32. The zero-order valence-electron chi connectivity index (χ0n) is 27.7. The van der Waals surface area contributed by atoms with E-state index < -0.39 is 74.1 Å². The van der Waals surface area contributed by atoms with Gasteiger partial charge in [-0.05, 0) is 54.7 Å². The summed E-state index contributed by atoms with van der Waals surface area (Å²) in [4.78, 5) is 58.0. The van der Waals surface area contributed by atoms with E-state index in [1.54, 1.807) is 11.9 Å². The van der Waals surface area contributed by atoms with Gasteiger partial charge in [-0.25, -0.2) is 13.2 Å². The van der Waals surface area contributed by atoms with Crippen molar-refractivity contribution >= 4 is 39.9 Å². The number of carbonyl (C=O) groups excluding carboxylic acids is 4. The zero-order chi connectivity index (χ0) is 34.1. The molecule has 2 aliphatic heterocycles. The molecule has 2 aliphatic carbocycles. The standard InChI is InChI=1S/C34H47N5O7S/c1-6-24-19-34(24,31(42)37-47(44,45)26-14-15-26)36-29(40)27-18-25-20-39(27)30(41)28(33(2,3)4)35-32(43)38(5)16-9-7-8-11-22-12-10-13-23(17-22)21-46-25/h6,8,10-13,17,24-28H,1,7,9,14-16,18-21H2,2-5H3,(H,35,43)(H,36,40)(H,37,42)/b11-8+/t24?,25-,27+,28-,34-/m1/s1. The van der Waals surface area contributed by atoms with Crippen LogP contribution in [0.25, 0.3) is 6.08 Å². The van der Waals surface area contributed by atoms with Gasteiger partial charge in [-0.2, -0.15) is 0 Å². The number of allylic oxidation sites excluding steroid dienone is 1. The molecular weight excluding hydrogens is 622 g/mol. The van der Waals surface area contributed by atoms with Gasteiger partial charge >= 0.3 is 6.03 Å². The summed E-state index contributed by atoms with van der Waals surface area (Å²) < 4.78 is 33.6. The van der Waals surface area contributed by atoms with Crippen LogP contribution < -0.4 is 15.4 Å². The molecule has 1 saturated heterocycles. The minimum atomic E-state index is -3.85. The van der Waals surface area contributed by atoms with Crippen molar-refractivity contribution in [2.24, 2.45) is 11.3 Å². The average Bonchev–Trinajstić information content (AvgIpc) is 3.94. The van der Waals surface area contributed by atoms with Crippen molar-refractivity contribution in [2.75, 3.05) is 20.1 Å². The van der Waals surface area contributed by atoms with E-state index >= 15 is 0 Å². The fraction of sp³-hybridized carbons (Fsp3) is 0.588. The smallest absolute Gasteiger partial charge is 0.317 e. The molecule has 2 saturated carbocycles. The molecule has 0 radical (unpaired) electrons. The Morgan fingerprint density at radius 3 is 2.60 bits per heavy atom. The molecule has 5 atom stereocenters. The van der Waals surface area contributed by atoms with E-state index in [1.807, 2.05) is 51.1 Å². The molecule has 1 unspecified atom stereocenters. The second-order valence-corrected chi connectivity index (χ2v) is 16.3. The van der Waals surface area contributed by atoms with Crippen molar-refractivity contribution in [3.05, 3.63) is 54.1 Å². The van der Waals surface area contributed by atoms with E-state index in [0.717, 1.165) is 24.0 Å². The van der Waals surface area contributed by atoms with Gasteiger partial charge in [-0.1, -0.05) is 57.2 Å². The SMILES string of the molecule is C=CC1C[C@]1(NC(=O)[C@@H]1C[C@@H]2CN1C(=O)[C@H](C(C)(C)C)NC(=O)N(C)CCC/C=C/c1cccc(c1)CO2)C(=O)NS(=O)(=O)C1CC1. The number of carbonyl (C=O) groups is 4. The van der Waals surface area contributed by atoms with Crippen LogP contribution in [0.3, 0.4) is 0 Å². The third kappa shape index (κ3) is 7.89. The molecule has 2 heterocycles. The molecule has 4 bridgehead atoms. The zero-order valence-corrected chi connectivity index (χ0v) is 28.5. The Morgan fingerprint density at radius 1 is 1.19 bits per heavy atom. The van der Waals surface area contributed by atoms with Crippen molar-refractivity contribution in [1.82, 2.24) is 25.2 Å². The molecule has 5 rings (SSSR count). The third-order valence-corrected chi connectivity index (χ3v) is 11.3. The maximum absolute atomic E-state index is 14.3. The summed E-state index contributed by atoms with van der Waals surface area (Å²) >= 11 is 0. The number of rotatable bonds is 6. The summed E-state index contributed by atoms with van der Waals surface area (Å²) in [6.45, 7) is 10.1. The summed E-state index contributed by atoms with van der Waals surface area (Å²) in [6, 6.07) is 5.53. The van der Waals surface area contributed by atoms with Crippen LogP contribution in [0.15, 0.2) is 43.0 Å². The minimum Gasteiger partial charge on any atom is -0.372 e. The Kier molecular flexibility index (Phi) is 9.89. The van der Waals surface area contributed by atoms with Gasteiger partial charge in [0.2, 0.25) is 21.8 Å². The number of urea groups is 1. The first kappa shape index (κ1) is 34.6. The molecule has 256 valence electrons. The number of fused-ring (bicyclic) bond motifs is 4. The maximum atomic E-state index is 14.3. The lowest BCUT2D eigenvalue weighted by Gasteiger charge is -2.36. The van der Waals surface area contributed by atoms with Crippen molar-refractivity contribution in [1.29, 1.82) is 0 Å². The Hall–Kier alpha value is -3.71. The topological polar surface area (TPSA) is 154 Å². The van der Waals surface area contributed by atoms with E-state index in [2.05, 4.69) is 28.0 Å². The van der Waals surface area contributed by atoms with Gasteiger partial charge in [0.05, 0.1) is 18.0 Å². The predicted molar refractivity (Wildman–Crippen MR) is 177 cm³/mol. The summed E-state index contributed by atoms with van der Waals surface area (Å²) in [6.07, 6.45) is 7.92. The number of benzene rings is 1. The van der Waals surface area contributed by atoms with Crippen molar-refractivity contribution < 1.29 is 32.3 Å². The minimum absolute atomic E-state index is 0.0922. The number of ether oxygens (including phenoxy) is 1. The molecule has 1 aromatic carbocycles.